The van der Waals surface area contributed by atoms with E-state index in [0.717, 1.165) is 60.5 Å². The second kappa shape index (κ2) is 6.35. The van der Waals surface area contributed by atoms with Gasteiger partial charge < -0.3 is 14.4 Å². The van der Waals surface area contributed by atoms with Gasteiger partial charge in [-0.05, 0) is 33.8 Å². The molecule has 0 aliphatic carbocycles. The highest BCUT2D eigenvalue weighted by molar-refractivity contribution is 7.13. The molecule has 23 heavy (non-hydrogen) atoms. The highest BCUT2D eigenvalue weighted by Gasteiger charge is 2.25. The van der Waals surface area contributed by atoms with Crippen LogP contribution in [0.5, 0.6) is 0 Å². The van der Waals surface area contributed by atoms with Crippen molar-refractivity contribution in [3.8, 4) is 0 Å². The van der Waals surface area contributed by atoms with Gasteiger partial charge in [-0.2, -0.15) is 0 Å². The van der Waals surface area contributed by atoms with E-state index in [1.807, 2.05) is 24.8 Å². The van der Waals surface area contributed by atoms with E-state index in [9.17, 15) is 4.79 Å². The molecule has 3 heterocycles. The molecule has 0 radical (unpaired) electrons. The molecule has 0 saturated carbocycles. The van der Waals surface area contributed by atoms with Gasteiger partial charge in [0.2, 0.25) is 0 Å². The van der Waals surface area contributed by atoms with Crippen LogP contribution >= 0.6 is 11.3 Å². The van der Waals surface area contributed by atoms with Crippen LogP contribution in [-0.4, -0.2) is 46.5 Å². The van der Waals surface area contributed by atoms with Crippen molar-refractivity contribution >= 4 is 22.4 Å². The lowest BCUT2D eigenvalue weighted by Crippen LogP contribution is -2.48. The molecule has 0 bridgehead atoms. The quantitative estimate of drug-likeness (QED) is 0.868. The van der Waals surface area contributed by atoms with Crippen molar-refractivity contribution in [1.82, 2.24) is 14.5 Å². The topological polar surface area (TPSA) is 41.4 Å². The Morgan fingerprint density at radius 2 is 1.91 bits per heavy atom. The van der Waals surface area contributed by atoms with Crippen molar-refractivity contribution in [2.24, 2.45) is 0 Å². The average molecular weight is 332 g/mol. The van der Waals surface area contributed by atoms with Gasteiger partial charge in [-0.25, -0.2) is 4.98 Å². The van der Waals surface area contributed by atoms with Gasteiger partial charge in [0.15, 0.2) is 5.13 Å². The summed E-state index contributed by atoms with van der Waals surface area (Å²) in [6.07, 6.45) is 0. The summed E-state index contributed by atoms with van der Waals surface area (Å²) in [5, 5.41) is 3.14. The number of carbonyl (C=O) groups is 1. The van der Waals surface area contributed by atoms with E-state index >= 15 is 0 Å². The van der Waals surface area contributed by atoms with Gasteiger partial charge in [-0.15, -0.1) is 11.3 Å². The second-order valence-corrected chi connectivity index (χ2v) is 6.92. The predicted molar refractivity (Wildman–Crippen MR) is 94.5 cm³/mol. The fourth-order valence-corrected chi connectivity index (χ4v) is 4.12. The van der Waals surface area contributed by atoms with Gasteiger partial charge in [0.1, 0.15) is 0 Å². The van der Waals surface area contributed by atoms with Crippen molar-refractivity contribution in [3.05, 3.63) is 34.1 Å². The summed E-state index contributed by atoms with van der Waals surface area (Å²) in [4.78, 5) is 21.6. The third kappa shape index (κ3) is 3.00. The molecule has 0 aromatic carbocycles. The van der Waals surface area contributed by atoms with Crippen molar-refractivity contribution in [1.29, 1.82) is 0 Å². The minimum absolute atomic E-state index is 0.160. The summed E-state index contributed by atoms with van der Waals surface area (Å²) >= 11 is 1.68. The number of aromatic nitrogens is 2. The summed E-state index contributed by atoms with van der Waals surface area (Å²) in [6, 6.07) is 2.03. The molecule has 2 aromatic rings. The third-order valence-electron chi connectivity index (χ3n) is 4.56. The number of piperazine rings is 1. The lowest BCUT2D eigenvalue weighted by Gasteiger charge is -2.34. The first-order valence-corrected chi connectivity index (χ1v) is 9.02. The summed E-state index contributed by atoms with van der Waals surface area (Å²) < 4.78 is 2.20. The minimum Gasteiger partial charge on any atom is -0.349 e. The first kappa shape index (κ1) is 16.1. The maximum atomic E-state index is 12.8. The average Bonchev–Trinajstić information content (AvgIpc) is 3.10. The minimum atomic E-state index is 0.160. The Balaban J connectivity index is 1.69. The molecule has 1 fully saturated rings. The molecule has 0 unspecified atom stereocenters. The van der Waals surface area contributed by atoms with Crippen LogP contribution in [0.25, 0.3) is 0 Å². The van der Waals surface area contributed by atoms with E-state index in [1.54, 1.807) is 11.3 Å². The maximum absolute atomic E-state index is 12.8. The van der Waals surface area contributed by atoms with E-state index < -0.39 is 0 Å². The van der Waals surface area contributed by atoms with Gasteiger partial charge in [0.25, 0.3) is 5.91 Å². The lowest BCUT2D eigenvalue weighted by atomic mass is 10.2. The van der Waals surface area contributed by atoms with Crippen LogP contribution in [0.2, 0.25) is 0 Å². The van der Waals surface area contributed by atoms with Crippen LogP contribution in [0, 0.1) is 20.8 Å². The fraction of sp³-hybridized carbons (Fsp3) is 0.529. The van der Waals surface area contributed by atoms with E-state index in [2.05, 4.69) is 33.7 Å². The van der Waals surface area contributed by atoms with Gasteiger partial charge in [-0.3, -0.25) is 4.79 Å². The van der Waals surface area contributed by atoms with Gasteiger partial charge in [0, 0.05) is 49.5 Å². The number of hydrogen-bond acceptors (Lipinski definition) is 4. The molecule has 3 rings (SSSR count). The molecule has 1 aliphatic rings. The van der Waals surface area contributed by atoms with Crippen molar-refractivity contribution < 1.29 is 4.79 Å². The molecule has 5 nitrogen and oxygen atoms in total. The summed E-state index contributed by atoms with van der Waals surface area (Å²) in [5.74, 6) is 0.160. The van der Waals surface area contributed by atoms with Crippen LogP contribution < -0.4 is 4.90 Å². The summed E-state index contributed by atoms with van der Waals surface area (Å²) in [5.41, 5.74) is 4.15. The lowest BCUT2D eigenvalue weighted by molar-refractivity contribution is 0.0746. The SMILES string of the molecule is CCn1c(C)cc(C(=O)N2CCN(c3nc(C)cs3)CC2)c1C. The number of hydrogen-bond donors (Lipinski definition) is 0. The molecular weight excluding hydrogens is 308 g/mol. The molecule has 0 N–H and O–H groups in total. The molecule has 1 amide bonds. The number of nitrogens with zero attached hydrogens (tertiary/aromatic N) is 4. The molecule has 0 atom stereocenters. The Hall–Kier alpha value is -1.82. The monoisotopic (exact) mass is 332 g/mol. The number of aryl methyl sites for hydroxylation is 2. The van der Waals surface area contributed by atoms with Crippen LogP contribution in [0.3, 0.4) is 0 Å². The number of thiazole rings is 1. The van der Waals surface area contributed by atoms with Gasteiger partial charge >= 0.3 is 0 Å². The molecule has 6 heteroatoms. The van der Waals surface area contributed by atoms with E-state index in [0.29, 0.717) is 0 Å². The molecule has 1 saturated heterocycles. The normalized spacial score (nSPS) is 15.3. The zero-order valence-electron chi connectivity index (χ0n) is 14.3. The zero-order valence-corrected chi connectivity index (χ0v) is 15.1. The molecule has 1 aliphatic heterocycles. The van der Waals surface area contributed by atoms with Crippen molar-refractivity contribution in [3.63, 3.8) is 0 Å². The number of carbonyl (C=O) groups excluding carboxylic acids is 1. The second-order valence-electron chi connectivity index (χ2n) is 6.08. The third-order valence-corrected chi connectivity index (χ3v) is 5.58. The number of anilines is 1. The van der Waals surface area contributed by atoms with Crippen LogP contribution in [0.4, 0.5) is 5.13 Å². The number of rotatable bonds is 3. The van der Waals surface area contributed by atoms with E-state index in [1.165, 1.54) is 0 Å². The Bertz CT molecular complexity index is 710. The Kier molecular flexibility index (Phi) is 4.43. The smallest absolute Gasteiger partial charge is 0.255 e. The predicted octanol–water partition coefficient (Wildman–Crippen LogP) is 2.85. The highest BCUT2D eigenvalue weighted by Crippen LogP contribution is 2.23. The zero-order chi connectivity index (χ0) is 16.6. The Morgan fingerprint density at radius 1 is 1.22 bits per heavy atom. The van der Waals surface area contributed by atoms with Gasteiger partial charge in [0.05, 0.1) is 11.3 Å². The standard InChI is InChI=1S/C17H24N4OS/c1-5-21-13(3)10-15(14(21)4)16(22)19-6-8-20(9-7-19)17-18-12(2)11-23-17/h10-11H,5-9H2,1-4H3. The largest absolute Gasteiger partial charge is 0.349 e. The Labute approximate surface area is 141 Å². The van der Waals surface area contributed by atoms with Crippen LogP contribution in [0.1, 0.15) is 34.4 Å². The first-order chi connectivity index (χ1) is 11.0. The molecular formula is C17H24N4OS. The van der Waals surface area contributed by atoms with E-state index in [-0.39, 0.29) is 5.91 Å². The molecule has 0 spiro atoms. The van der Waals surface area contributed by atoms with E-state index in [4.69, 9.17) is 0 Å². The van der Waals surface area contributed by atoms with Gasteiger partial charge in [-0.1, -0.05) is 0 Å². The van der Waals surface area contributed by atoms with Crippen molar-refractivity contribution in [2.45, 2.75) is 34.2 Å². The maximum Gasteiger partial charge on any atom is 0.255 e. The number of amides is 1. The van der Waals surface area contributed by atoms with Crippen LogP contribution in [0.15, 0.2) is 11.4 Å². The Morgan fingerprint density at radius 3 is 2.43 bits per heavy atom. The van der Waals surface area contributed by atoms with Crippen LogP contribution in [-0.2, 0) is 6.54 Å². The molecule has 2 aromatic heterocycles. The summed E-state index contributed by atoms with van der Waals surface area (Å²) in [6.45, 7) is 12.4. The first-order valence-electron chi connectivity index (χ1n) is 8.14. The molecule has 124 valence electrons. The van der Waals surface area contributed by atoms with Crippen molar-refractivity contribution in [2.75, 3.05) is 31.1 Å². The summed E-state index contributed by atoms with van der Waals surface area (Å²) in [7, 11) is 0. The fourth-order valence-electron chi connectivity index (χ4n) is 3.26. The highest BCUT2D eigenvalue weighted by atomic mass is 32.1.